The van der Waals surface area contributed by atoms with E-state index in [2.05, 4.69) is 38.7 Å². The Bertz CT molecular complexity index is 589. The van der Waals surface area contributed by atoms with E-state index in [4.69, 9.17) is 0 Å². The van der Waals surface area contributed by atoms with E-state index in [1.54, 1.807) is 11.8 Å². The smallest absolute Gasteiger partial charge is 0.315 e. The molecule has 2 aromatic carbocycles. The van der Waals surface area contributed by atoms with Crippen LogP contribution in [0.3, 0.4) is 0 Å². The van der Waals surface area contributed by atoms with Crippen molar-refractivity contribution in [3.05, 3.63) is 64.6 Å². The van der Waals surface area contributed by atoms with Crippen LogP contribution < -0.4 is 10.6 Å². The fourth-order valence-corrected chi connectivity index (χ4v) is 2.99. The zero-order valence-electron chi connectivity index (χ0n) is 12.4. The third kappa shape index (κ3) is 5.73. The molecule has 1 atom stereocenters. The van der Waals surface area contributed by atoms with Gasteiger partial charge in [-0.05, 0) is 36.8 Å². The standard InChI is InChI=1S/C17H19BrN2OS/c1-13(14-7-9-15(18)10-8-14)20-17(21)19-11-12-22-16-5-3-2-4-6-16/h2-10,13H,11-12H2,1H3,(H2,19,20,21). The van der Waals surface area contributed by atoms with Crippen molar-refractivity contribution in [3.8, 4) is 0 Å². The summed E-state index contributed by atoms with van der Waals surface area (Å²) in [6.07, 6.45) is 0. The Labute approximate surface area is 144 Å². The van der Waals surface area contributed by atoms with E-state index in [9.17, 15) is 4.79 Å². The lowest BCUT2D eigenvalue weighted by molar-refractivity contribution is 0.238. The number of urea groups is 1. The lowest BCUT2D eigenvalue weighted by atomic mass is 10.1. The first-order valence-corrected chi connectivity index (χ1v) is 8.90. The van der Waals surface area contributed by atoms with Crippen LogP contribution in [0.2, 0.25) is 0 Å². The minimum atomic E-state index is -0.135. The van der Waals surface area contributed by atoms with Crippen molar-refractivity contribution in [2.45, 2.75) is 17.9 Å². The molecule has 0 heterocycles. The van der Waals surface area contributed by atoms with E-state index in [1.165, 1.54) is 4.90 Å². The SMILES string of the molecule is CC(NC(=O)NCCSc1ccccc1)c1ccc(Br)cc1. The van der Waals surface area contributed by atoms with E-state index < -0.39 is 0 Å². The summed E-state index contributed by atoms with van der Waals surface area (Å²) < 4.78 is 1.03. The van der Waals surface area contributed by atoms with Gasteiger partial charge in [-0.25, -0.2) is 4.79 Å². The zero-order valence-corrected chi connectivity index (χ0v) is 14.8. The van der Waals surface area contributed by atoms with Crippen molar-refractivity contribution in [2.75, 3.05) is 12.3 Å². The highest BCUT2D eigenvalue weighted by molar-refractivity contribution is 9.10. The molecule has 0 bridgehead atoms. The quantitative estimate of drug-likeness (QED) is 0.569. The highest BCUT2D eigenvalue weighted by atomic mass is 79.9. The lowest BCUT2D eigenvalue weighted by Gasteiger charge is -2.15. The van der Waals surface area contributed by atoms with Crippen LogP contribution in [-0.2, 0) is 0 Å². The molecule has 2 N–H and O–H groups in total. The zero-order chi connectivity index (χ0) is 15.8. The fourth-order valence-electron chi connectivity index (χ4n) is 1.93. The number of hydrogen-bond donors (Lipinski definition) is 2. The molecule has 116 valence electrons. The van der Waals surface area contributed by atoms with Crippen LogP contribution in [0.1, 0.15) is 18.5 Å². The molecule has 0 aliphatic heterocycles. The van der Waals surface area contributed by atoms with Gasteiger partial charge in [-0.3, -0.25) is 0 Å². The summed E-state index contributed by atoms with van der Waals surface area (Å²) in [6.45, 7) is 2.61. The predicted octanol–water partition coefficient (Wildman–Crippen LogP) is 4.60. The van der Waals surface area contributed by atoms with Gasteiger partial charge in [0.05, 0.1) is 6.04 Å². The second kappa shape index (κ2) is 8.86. The number of thioether (sulfide) groups is 1. The van der Waals surface area contributed by atoms with E-state index in [0.29, 0.717) is 6.54 Å². The summed E-state index contributed by atoms with van der Waals surface area (Å²) in [5, 5.41) is 5.82. The Kier molecular flexibility index (Phi) is 6.80. The van der Waals surface area contributed by atoms with Gasteiger partial charge in [0.15, 0.2) is 0 Å². The molecule has 5 heteroatoms. The number of carbonyl (C=O) groups excluding carboxylic acids is 1. The summed E-state index contributed by atoms with van der Waals surface area (Å²) in [5.74, 6) is 0.851. The molecule has 1 unspecified atom stereocenters. The second-order valence-electron chi connectivity index (χ2n) is 4.83. The molecule has 2 rings (SSSR count). The molecule has 0 aliphatic rings. The largest absolute Gasteiger partial charge is 0.337 e. The molecule has 22 heavy (non-hydrogen) atoms. The molecule has 0 aromatic heterocycles. The van der Waals surface area contributed by atoms with Gasteiger partial charge < -0.3 is 10.6 Å². The Morgan fingerprint density at radius 3 is 2.50 bits per heavy atom. The van der Waals surface area contributed by atoms with Crippen LogP contribution in [0.15, 0.2) is 64.0 Å². The summed E-state index contributed by atoms with van der Waals surface area (Å²) in [5.41, 5.74) is 1.08. The summed E-state index contributed by atoms with van der Waals surface area (Å²) in [7, 11) is 0. The minimum Gasteiger partial charge on any atom is -0.337 e. The number of amides is 2. The maximum Gasteiger partial charge on any atom is 0.315 e. The van der Waals surface area contributed by atoms with Gasteiger partial charge in [0.25, 0.3) is 0 Å². The molecule has 0 saturated heterocycles. The monoisotopic (exact) mass is 378 g/mol. The third-order valence-corrected chi connectivity index (χ3v) is 4.66. The first-order valence-electron chi connectivity index (χ1n) is 7.13. The Morgan fingerprint density at radius 2 is 1.82 bits per heavy atom. The summed E-state index contributed by atoms with van der Waals surface area (Å²) in [4.78, 5) is 13.1. The van der Waals surface area contributed by atoms with Gasteiger partial charge in [-0.1, -0.05) is 46.3 Å². The number of rotatable bonds is 6. The molecular weight excluding hydrogens is 360 g/mol. The van der Waals surface area contributed by atoms with Crippen molar-refractivity contribution < 1.29 is 4.79 Å². The first-order chi connectivity index (χ1) is 10.6. The number of benzene rings is 2. The molecule has 0 fully saturated rings. The minimum absolute atomic E-state index is 0.0186. The summed E-state index contributed by atoms with van der Waals surface area (Å²) >= 11 is 5.14. The van der Waals surface area contributed by atoms with E-state index >= 15 is 0 Å². The topological polar surface area (TPSA) is 41.1 Å². The molecule has 2 amide bonds. The average molecular weight is 379 g/mol. The third-order valence-electron chi connectivity index (χ3n) is 3.12. The van der Waals surface area contributed by atoms with Crippen molar-refractivity contribution in [3.63, 3.8) is 0 Å². The normalized spacial score (nSPS) is 11.7. The van der Waals surface area contributed by atoms with Gasteiger partial charge in [-0.2, -0.15) is 0 Å². The van der Waals surface area contributed by atoms with Crippen LogP contribution in [0.5, 0.6) is 0 Å². The van der Waals surface area contributed by atoms with Gasteiger partial charge in [0.1, 0.15) is 0 Å². The van der Waals surface area contributed by atoms with Gasteiger partial charge in [0.2, 0.25) is 0 Å². The maximum atomic E-state index is 11.9. The van der Waals surface area contributed by atoms with E-state index in [1.807, 2.05) is 49.4 Å². The number of carbonyl (C=O) groups is 1. The fraction of sp³-hybridized carbons (Fsp3) is 0.235. The second-order valence-corrected chi connectivity index (χ2v) is 6.92. The van der Waals surface area contributed by atoms with E-state index in [0.717, 1.165) is 15.8 Å². The molecule has 0 spiro atoms. The lowest BCUT2D eigenvalue weighted by Crippen LogP contribution is -2.38. The van der Waals surface area contributed by atoms with Crippen LogP contribution >= 0.6 is 27.7 Å². The Morgan fingerprint density at radius 1 is 1.14 bits per heavy atom. The van der Waals surface area contributed by atoms with Crippen molar-refractivity contribution in [2.24, 2.45) is 0 Å². The van der Waals surface area contributed by atoms with Crippen LogP contribution in [0, 0.1) is 0 Å². The van der Waals surface area contributed by atoms with Crippen molar-refractivity contribution >= 4 is 33.7 Å². The molecule has 3 nitrogen and oxygen atoms in total. The number of halogens is 1. The Balaban J connectivity index is 1.68. The van der Waals surface area contributed by atoms with Crippen molar-refractivity contribution in [1.82, 2.24) is 10.6 Å². The molecule has 0 radical (unpaired) electrons. The number of hydrogen-bond acceptors (Lipinski definition) is 2. The highest BCUT2D eigenvalue weighted by Crippen LogP contribution is 2.17. The van der Waals surface area contributed by atoms with Gasteiger partial charge in [0, 0.05) is 21.7 Å². The maximum absolute atomic E-state index is 11.9. The Hall–Kier alpha value is -1.46. The number of nitrogens with one attached hydrogen (secondary N) is 2. The van der Waals surface area contributed by atoms with Gasteiger partial charge >= 0.3 is 6.03 Å². The van der Waals surface area contributed by atoms with Crippen molar-refractivity contribution in [1.29, 1.82) is 0 Å². The molecule has 0 aliphatic carbocycles. The van der Waals surface area contributed by atoms with E-state index in [-0.39, 0.29) is 12.1 Å². The average Bonchev–Trinajstić information content (AvgIpc) is 2.53. The molecular formula is C17H19BrN2OS. The highest BCUT2D eigenvalue weighted by Gasteiger charge is 2.08. The molecule has 0 saturated carbocycles. The molecule has 2 aromatic rings. The van der Waals surface area contributed by atoms with Gasteiger partial charge in [-0.15, -0.1) is 11.8 Å². The van der Waals surface area contributed by atoms with Crippen LogP contribution in [0.25, 0.3) is 0 Å². The van der Waals surface area contributed by atoms with Crippen LogP contribution in [-0.4, -0.2) is 18.3 Å². The predicted molar refractivity (Wildman–Crippen MR) is 96.3 cm³/mol. The first kappa shape index (κ1) is 16.9. The van der Waals surface area contributed by atoms with Crippen LogP contribution in [0.4, 0.5) is 4.79 Å². The summed E-state index contributed by atoms with van der Waals surface area (Å²) in [6, 6.07) is 18.0.